The number of nitrogens with one attached hydrogen (secondary N) is 1. The molecule has 2 rings (SSSR count). The maximum Gasteiger partial charge on any atom is 0.0702 e. The molecule has 3 unspecified atom stereocenters. The molecular formula is C13H26N2O2. The van der Waals surface area contributed by atoms with Crippen LogP contribution in [0.15, 0.2) is 0 Å². The molecule has 0 aromatic rings. The second-order valence-corrected chi connectivity index (χ2v) is 5.69. The second-order valence-electron chi connectivity index (χ2n) is 5.69. The molecule has 1 heterocycles. The van der Waals surface area contributed by atoms with Gasteiger partial charge in [-0.25, -0.2) is 0 Å². The minimum atomic E-state index is -0.114. The van der Waals surface area contributed by atoms with E-state index in [1.54, 1.807) is 0 Å². The van der Waals surface area contributed by atoms with E-state index in [0.29, 0.717) is 18.1 Å². The molecule has 0 bridgehead atoms. The van der Waals surface area contributed by atoms with E-state index < -0.39 is 0 Å². The van der Waals surface area contributed by atoms with E-state index in [0.717, 1.165) is 19.6 Å². The van der Waals surface area contributed by atoms with Crippen molar-refractivity contribution in [2.45, 2.75) is 43.9 Å². The van der Waals surface area contributed by atoms with Gasteiger partial charge in [0.2, 0.25) is 0 Å². The Hall–Kier alpha value is -0.160. The average Bonchev–Trinajstić information content (AvgIpc) is 3.09. The fourth-order valence-electron chi connectivity index (χ4n) is 3.17. The third kappa shape index (κ3) is 2.65. The summed E-state index contributed by atoms with van der Waals surface area (Å²) in [4.78, 5) is 2.36. The van der Waals surface area contributed by atoms with Crippen molar-refractivity contribution in [1.82, 2.24) is 10.2 Å². The molecule has 2 aliphatic rings. The Kier molecular flexibility index (Phi) is 4.08. The van der Waals surface area contributed by atoms with Crippen LogP contribution in [-0.4, -0.2) is 61.5 Å². The van der Waals surface area contributed by atoms with Gasteiger partial charge in [0.15, 0.2) is 0 Å². The molecule has 0 aromatic carbocycles. The van der Waals surface area contributed by atoms with Gasteiger partial charge in [-0.3, -0.25) is 4.90 Å². The molecule has 2 N–H and O–H groups in total. The topological polar surface area (TPSA) is 44.7 Å². The van der Waals surface area contributed by atoms with Crippen molar-refractivity contribution in [2.75, 3.05) is 33.9 Å². The van der Waals surface area contributed by atoms with Crippen molar-refractivity contribution in [1.29, 1.82) is 0 Å². The molecule has 4 nitrogen and oxygen atoms in total. The van der Waals surface area contributed by atoms with Crippen molar-refractivity contribution in [3.05, 3.63) is 0 Å². The normalized spacial score (nSPS) is 33.0. The fraction of sp³-hybridized carbons (Fsp3) is 1.00. The first-order valence-corrected chi connectivity index (χ1v) is 6.74. The highest BCUT2D eigenvalue weighted by atomic mass is 16.5. The molecular weight excluding hydrogens is 216 g/mol. The maximum absolute atomic E-state index is 9.72. The third-order valence-corrected chi connectivity index (χ3v) is 4.57. The van der Waals surface area contributed by atoms with Crippen molar-refractivity contribution in [2.24, 2.45) is 5.92 Å². The molecule has 100 valence electrons. The molecule has 0 spiro atoms. The summed E-state index contributed by atoms with van der Waals surface area (Å²) in [6.45, 7) is 4.14. The maximum atomic E-state index is 9.72. The number of aliphatic hydroxyl groups is 1. The van der Waals surface area contributed by atoms with Gasteiger partial charge in [0, 0.05) is 19.2 Å². The van der Waals surface area contributed by atoms with E-state index in [-0.39, 0.29) is 12.1 Å². The van der Waals surface area contributed by atoms with Crippen LogP contribution in [0, 0.1) is 5.92 Å². The first-order valence-electron chi connectivity index (χ1n) is 6.74. The van der Waals surface area contributed by atoms with Crippen LogP contribution in [0.1, 0.15) is 26.2 Å². The third-order valence-electron chi connectivity index (χ3n) is 4.57. The molecule has 1 aliphatic heterocycles. The molecule has 1 aliphatic carbocycles. The number of likely N-dealkylation sites (N-methyl/N-ethyl adjacent to an activating group) is 2. The smallest absolute Gasteiger partial charge is 0.0702 e. The number of hydrogen-bond donors (Lipinski definition) is 2. The summed E-state index contributed by atoms with van der Waals surface area (Å²) in [5.74, 6) is 0.637. The predicted octanol–water partition coefficient (Wildman–Crippen LogP) is 0.456. The van der Waals surface area contributed by atoms with E-state index in [1.165, 1.54) is 12.8 Å². The molecule has 1 saturated heterocycles. The summed E-state index contributed by atoms with van der Waals surface area (Å²) in [6.07, 6.45) is 3.90. The summed E-state index contributed by atoms with van der Waals surface area (Å²) in [5.41, 5.74) is -0.114. The molecule has 0 amide bonds. The van der Waals surface area contributed by atoms with Gasteiger partial charge in [0.25, 0.3) is 0 Å². The summed E-state index contributed by atoms with van der Waals surface area (Å²) in [7, 11) is 4.12. The average molecular weight is 242 g/mol. The SMILES string of the molecule is CNC(CO)(CN(C)C1CCOC1C)C1CC1. The van der Waals surface area contributed by atoms with Gasteiger partial charge in [0.1, 0.15) is 0 Å². The van der Waals surface area contributed by atoms with Crippen LogP contribution in [-0.2, 0) is 4.74 Å². The zero-order chi connectivity index (χ0) is 12.5. The molecule has 3 atom stereocenters. The Balaban J connectivity index is 1.97. The minimum Gasteiger partial charge on any atom is -0.394 e. The van der Waals surface area contributed by atoms with E-state index in [1.807, 2.05) is 7.05 Å². The summed E-state index contributed by atoms with van der Waals surface area (Å²) in [5, 5.41) is 13.1. The van der Waals surface area contributed by atoms with Crippen LogP contribution in [0.2, 0.25) is 0 Å². The number of nitrogens with zero attached hydrogens (tertiary/aromatic N) is 1. The van der Waals surface area contributed by atoms with Gasteiger partial charge in [-0.1, -0.05) is 0 Å². The van der Waals surface area contributed by atoms with Crippen LogP contribution in [0.5, 0.6) is 0 Å². The number of hydrogen-bond acceptors (Lipinski definition) is 4. The Morgan fingerprint density at radius 3 is 2.53 bits per heavy atom. The number of rotatable bonds is 6. The molecule has 1 saturated carbocycles. The zero-order valence-electron chi connectivity index (χ0n) is 11.3. The number of aliphatic hydroxyl groups excluding tert-OH is 1. The monoisotopic (exact) mass is 242 g/mol. The van der Waals surface area contributed by atoms with Gasteiger partial charge in [-0.05, 0) is 46.2 Å². The minimum absolute atomic E-state index is 0.114. The first kappa shape index (κ1) is 13.3. The van der Waals surface area contributed by atoms with Crippen LogP contribution < -0.4 is 5.32 Å². The van der Waals surface area contributed by atoms with Crippen LogP contribution in [0.25, 0.3) is 0 Å². The van der Waals surface area contributed by atoms with Crippen molar-refractivity contribution in [3.8, 4) is 0 Å². The van der Waals surface area contributed by atoms with Crippen LogP contribution in [0.3, 0.4) is 0 Å². The molecule has 4 heteroatoms. The van der Waals surface area contributed by atoms with Gasteiger partial charge >= 0.3 is 0 Å². The van der Waals surface area contributed by atoms with Gasteiger partial charge in [-0.2, -0.15) is 0 Å². The molecule has 0 aromatic heterocycles. The van der Waals surface area contributed by atoms with Crippen molar-refractivity contribution < 1.29 is 9.84 Å². The Labute approximate surface area is 104 Å². The fourth-order valence-corrected chi connectivity index (χ4v) is 3.17. The lowest BCUT2D eigenvalue weighted by Gasteiger charge is -2.38. The highest BCUT2D eigenvalue weighted by Gasteiger charge is 2.45. The summed E-state index contributed by atoms with van der Waals surface area (Å²) < 4.78 is 5.62. The summed E-state index contributed by atoms with van der Waals surface area (Å²) >= 11 is 0. The Morgan fingerprint density at radius 2 is 2.12 bits per heavy atom. The molecule has 2 fully saturated rings. The Morgan fingerprint density at radius 1 is 1.41 bits per heavy atom. The van der Waals surface area contributed by atoms with Gasteiger partial charge < -0.3 is 15.2 Å². The standard InChI is InChI=1S/C13H26N2O2/c1-10-12(6-7-17-10)15(3)8-13(9-16,14-2)11-4-5-11/h10-12,14,16H,4-9H2,1-3H3. The van der Waals surface area contributed by atoms with E-state index >= 15 is 0 Å². The quantitative estimate of drug-likeness (QED) is 0.710. The largest absolute Gasteiger partial charge is 0.394 e. The highest BCUT2D eigenvalue weighted by Crippen LogP contribution is 2.40. The molecule has 0 radical (unpaired) electrons. The molecule has 17 heavy (non-hydrogen) atoms. The number of ether oxygens (including phenoxy) is 1. The lowest BCUT2D eigenvalue weighted by Crippen LogP contribution is -2.58. The lowest BCUT2D eigenvalue weighted by molar-refractivity contribution is 0.0526. The van der Waals surface area contributed by atoms with E-state index in [4.69, 9.17) is 4.74 Å². The second kappa shape index (κ2) is 5.22. The predicted molar refractivity (Wildman–Crippen MR) is 68.0 cm³/mol. The Bertz CT molecular complexity index is 252. The van der Waals surface area contributed by atoms with Gasteiger partial charge in [0.05, 0.1) is 18.2 Å². The van der Waals surface area contributed by atoms with Crippen molar-refractivity contribution >= 4 is 0 Å². The van der Waals surface area contributed by atoms with Crippen molar-refractivity contribution in [3.63, 3.8) is 0 Å². The first-order chi connectivity index (χ1) is 8.13. The zero-order valence-corrected chi connectivity index (χ0v) is 11.3. The van der Waals surface area contributed by atoms with E-state index in [2.05, 4.69) is 24.2 Å². The van der Waals surface area contributed by atoms with Gasteiger partial charge in [-0.15, -0.1) is 0 Å². The summed E-state index contributed by atoms with van der Waals surface area (Å²) in [6, 6.07) is 0.494. The van der Waals surface area contributed by atoms with Crippen LogP contribution in [0.4, 0.5) is 0 Å². The van der Waals surface area contributed by atoms with Crippen LogP contribution >= 0.6 is 0 Å². The highest BCUT2D eigenvalue weighted by molar-refractivity contribution is 5.02. The van der Waals surface area contributed by atoms with E-state index in [9.17, 15) is 5.11 Å². The lowest BCUT2D eigenvalue weighted by atomic mass is 9.92.